The lowest BCUT2D eigenvalue weighted by atomic mass is 10.1. The summed E-state index contributed by atoms with van der Waals surface area (Å²) < 4.78 is 25.4. The number of hydrogen-bond acceptors (Lipinski definition) is 4. The van der Waals surface area contributed by atoms with Gasteiger partial charge in [0.2, 0.25) is 10.0 Å². The molecule has 0 spiro atoms. The van der Waals surface area contributed by atoms with Crippen LogP contribution in [-0.4, -0.2) is 61.1 Å². The summed E-state index contributed by atoms with van der Waals surface area (Å²) in [7, 11) is -0.482. The summed E-state index contributed by atoms with van der Waals surface area (Å²) in [4.78, 5) is 2.11. The quantitative estimate of drug-likeness (QED) is 0.801. The van der Waals surface area contributed by atoms with Crippen LogP contribution in [0.15, 0.2) is 29.2 Å². The van der Waals surface area contributed by atoms with Crippen LogP contribution in [0, 0.1) is 0 Å². The van der Waals surface area contributed by atoms with Crippen LogP contribution in [0.1, 0.15) is 12.8 Å². The summed E-state index contributed by atoms with van der Waals surface area (Å²) in [5, 5.41) is 13.2. The fourth-order valence-corrected chi connectivity index (χ4v) is 3.52. The molecular formula is C14H21N3O3S2. The molecule has 0 aromatic heterocycles. The van der Waals surface area contributed by atoms with E-state index in [2.05, 4.69) is 5.32 Å². The molecule has 8 heteroatoms. The zero-order valence-corrected chi connectivity index (χ0v) is 14.3. The van der Waals surface area contributed by atoms with Crippen molar-refractivity contribution in [2.45, 2.75) is 23.8 Å². The summed E-state index contributed by atoms with van der Waals surface area (Å²) in [6.07, 6.45) is 1.31. The van der Waals surface area contributed by atoms with E-state index in [4.69, 9.17) is 12.2 Å². The Hall–Kier alpha value is -1.22. The molecule has 1 atom stereocenters. The molecule has 0 saturated carbocycles. The highest BCUT2D eigenvalue weighted by molar-refractivity contribution is 7.89. The Morgan fingerprint density at radius 2 is 2.18 bits per heavy atom. The highest BCUT2D eigenvalue weighted by Crippen LogP contribution is 2.19. The Bertz CT molecular complexity index is 646. The molecular weight excluding hydrogens is 322 g/mol. The molecule has 1 aromatic rings. The van der Waals surface area contributed by atoms with E-state index in [9.17, 15) is 13.5 Å². The first-order valence-electron chi connectivity index (χ1n) is 7.07. The first-order chi connectivity index (χ1) is 10.3. The predicted molar refractivity (Wildman–Crippen MR) is 90.3 cm³/mol. The van der Waals surface area contributed by atoms with Gasteiger partial charge in [0.25, 0.3) is 0 Å². The van der Waals surface area contributed by atoms with Crippen LogP contribution in [0.5, 0.6) is 0 Å². The van der Waals surface area contributed by atoms with Crippen molar-refractivity contribution in [3.05, 3.63) is 24.3 Å². The molecule has 1 fully saturated rings. The minimum absolute atomic E-state index is 0.212. The van der Waals surface area contributed by atoms with Gasteiger partial charge >= 0.3 is 0 Å². The average Bonchev–Trinajstić information content (AvgIpc) is 2.47. The summed E-state index contributed by atoms with van der Waals surface area (Å²) >= 11 is 5.34. The number of hydrogen-bond donors (Lipinski definition) is 2. The van der Waals surface area contributed by atoms with Gasteiger partial charge in [-0.05, 0) is 43.3 Å². The zero-order chi connectivity index (χ0) is 16.3. The van der Waals surface area contributed by atoms with E-state index in [1.165, 1.54) is 18.4 Å². The van der Waals surface area contributed by atoms with Crippen LogP contribution in [-0.2, 0) is 10.0 Å². The number of likely N-dealkylation sites (tertiary alicyclic amines) is 1. The monoisotopic (exact) mass is 343 g/mol. The molecule has 1 aliphatic heterocycles. The smallest absolute Gasteiger partial charge is 0.242 e. The maximum absolute atomic E-state index is 12.1. The van der Waals surface area contributed by atoms with Crippen molar-refractivity contribution in [1.29, 1.82) is 0 Å². The molecule has 0 unspecified atom stereocenters. The van der Waals surface area contributed by atoms with Gasteiger partial charge in [0.1, 0.15) is 0 Å². The Kier molecular flexibility index (Phi) is 5.38. The van der Waals surface area contributed by atoms with E-state index in [1.54, 1.807) is 24.3 Å². The Balaban J connectivity index is 2.12. The highest BCUT2D eigenvalue weighted by atomic mass is 32.2. The van der Waals surface area contributed by atoms with Crippen LogP contribution >= 0.6 is 12.2 Å². The molecule has 0 radical (unpaired) electrons. The van der Waals surface area contributed by atoms with Crippen molar-refractivity contribution in [2.75, 3.05) is 32.5 Å². The first-order valence-corrected chi connectivity index (χ1v) is 8.92. The fraction of sp³-hybridized carbons (Fsp3) is 0.500. The largest absolute Gasteiger partial charge is 0.391 e. The normalized spacial score (nSPS) is 19.3. The molecule has 2 N–H and O–H groups in total. The lowest BCUT2D eigenvalue weighted by Gasteiger charge is -2.32. The molecule has 1 saturated heterocycles. The number of rotatable bonds is 3. The third-order valence-corrected chi connectivity index (χ3v) is 5.72. The number of sulfonamides is 1. The van der Waals surface area contributed by atoms with E-state index in [1.807, 2.05) is 4.90 Å². The van der Waals surface area contributed by atoms with E-state index in [0.717, 1.165) is 19.4 Å². The standard InChI is InChI=1S/C14H21N3O3S2/c1-16(2)22(19,20)13-7-3-5-11(9-13)15-14(21)17-8-4-6-12(18)10-17/h3,5,7,9,12,18H,4,6,8,10H2,1-2H3,(H,15,21)/t12-/m0/s1. The fourth-order valence-electron chi connectivity index (χ4n) is 2.29. The van der Waals surface area contributed by atoms with Crippen molar-refractivity contribution < 1.29 is 13.5 Å². The van der Waals surface area contributed by atoms with Crippen LogP contribution in [0.25, 0.3) is 0 Å². The maximum Gasteiger partial charge on any atom is 0.242 e. The van der Waals surface area contributed by atoms with E-state index >= 15 is 0 Å². The zero-order valence-electron chi connectivity index (χ0n) is 12.7. The summed E-state index contributed by atoms with van der Waals surface area (Å²) in [6, 6.07) is 6.55. The number of benzene rings is 1. The van der Waals surface area contributed by atoms with Crippen molar-refractivity contribution in [3.8, 4) is 0 Å². The highest BCUT2D eigenvalue weighted by Gasteiger charge is 2.21. The maximum atomic E-state index is 12.1. The second-order valence-electron chi connectivity index (χ2n) is 5.49. The first kappa shape index (κ1) is 17.1. The minimum Gasteiger partial charge on any atom is -0.391 e. The second kappa shape index (κ2) is 6.91. The van der Waals surface area contributed by atoms with Crippen molar-refractivity contribution in [2.24, 2.45) is 0 Å². The molecule has 6 nitrogen and oxygen atoms in total. The molecule has 1 aliphatic rings. The molecule has 0 aliphatic carbocycles. The summed E-state index contributed by atoms with van der Waals surface area (Å²) in [5.41, 5.74) is 0.619. The molecule has 122 valence electrons. The van der Waals surface area contributed by atoms with Gasteiger partial charge in [-0.25, -0.2) is 12.7 Å². The number of thiocarbonyl (C=S) groups is 1. The minimum atomic E-state index is -3.47. The van der Waals surface area contributed by atoms with E-state index < -0.39 is 10.0 Å². The van der Waals surface area contributed by atoms with Gasteiger partial charge in [-0.2, -0.15) is 0 Å². The van der Waals surface area contributed by atoms with Gasteiger partial charge in [0, 0.05) is 32.9 Å². The number of nitrogens with zero attached hydrogens (tertiary/aromatic N) is 2. The van der Waals surface area contributed by atoms with Gasteiger partial charge in [0.15, 0.2) is 5.11 Å². The lowest BCUT2D eigenvalue weighted by Crippen LogP contribution is -2.44. The molecule has 1 heterocycles. The Labute approximate surface area is 136 Å². The van der Waals surface area contributed by atoms with Crippen LogP contribution in [0.2, 0.25) is 0 Å². The van der Waals surface area contributed by atoms with Gasteiger partial charge in [-0.3, -0.25) is 0 Å². The third-order valence-electron chi connectivity index (χ3n) is 3.55. The van der Waals surface area contributed by atoms with E-state index in [-0.39, 0.29) is 11.0 Å². The van der Waals surface area contributed by atoms with Gasteiger partial charge < -0.3 is 15.3 Å². The van der Waals surface area contributed by atoms with Crippen LogP contribution in [0.4, 0.5) is 5.69 Å². The summed E-state index contributed by atoms with van der Waals surface area (Å²) in [5.74, 6) is 0. The lowest BCUT2D eigenvalue weighted by molar-refractivity contribution is 0.104. The number of aliphatic hydroxyl groups is 1. The topological polar surface area (TPSA) is 72.9 Å². The molecule has 0 bridgehead atoms. The number of piperidine rings is 1. The number of β-amino-alcohol motifs (C(OH)–C–C–N with tert-alkyl or cyclic N) is 1. The summed E-state index contributed by atoms with van der Waals surface area (Å²) in [6.45, 7) is 1.29. The predicted octanol–water partition coefficient (Wildman–Crippen LogP) is 1.09. The van der Waals surface area contributed by atoms with Crippen molar-refractivity contribution in [1.82, 2.24) is 9.21 Å². The number of nitrogens with one attached hydrogen (secondary N) is 1. The van der Waals surface area contributed by atoms with E-state index in [0.29, 0.717) is 17.3 Å². The van der Waals surface area contributed by atoms with Gasteiger partial charge in [-0.1, -0.05) is 6.07 Å². The second-order valence-corrected chi connectivity index (χ2v) is 8.03. The van der Waals surface area contributed by atoms with Gasteiger partial charge in [-0.15, -0.1) is 0 Å². The number of aliphatic hydroxyl groups excluding tert-OH is 1. The third kappa shape index (κ3) is 3.95. The number of anilines is 1. The molecule has 2 rings (SSSR count). The van der Waals surface area contributed by atoms with Crippen LogP contribution < -0.4 is 5.32 Å². The SMILES string of the molecule is CN(C)S(=O)(=O)c1cccc(NC(=S)N2CCC[C@H](O)C2)c1. The van der Waals surface area contributed by atoms with Crippen LogP contribution in [0.3, 0.4) is 0 Å². The Morgan fingerprint density at radius 1 is 1.45 bits per heavy atom. The molecule has 0 amide bonds. The average molecular weight is 343 g/mol. The molecule has 22 heavy (non-hydrogen) atoms. The van der Waals surface area contributed by atoms with Gasteiger partial charge in [0.05, 0.1) is 11.0 Å². The Morgan fingerprint density at radius 3 is 2.82 bits per heavy atom. The van der Waals surface area contributed by atoms with Crippen molar-refractivity contribution >= 4 is 33.0 Å². The van der Waals surface area contributed by atoms with Crippen molar-refractivity contribution in [3.63, 3.8) is 0 Å². The molecule has 1 aromatic carbocycles.